The van der Waals surface area contributed by atoms with Crippen LogP contribution in [0.2, 0.25) is 0 Å². The predicted molar refractivity (Wildman–Crippen MR) is 59.6 cm³/mol. The third-order valence-electron chi connectivity index (χ3n) is 2.63. The van der Waals surface area contributed by atoms with Crippen molar-refractivity contribution in [1.29, 1.82) is 0 Å². The van der Waals surface area contributed by atoms with Crippen molar-refractivity contribution in [2.24, 2.45) is 5.92 Å². The quantitative estimate of drug-likeness (QED) is 0.777. The molecule has 1 aliphatic rings. The van der Waals surface area contributed by atoms with Crippen LogP contribution >= 0.6 is 0 Å². The minimum Gasteiger partial charge on any atom is -0.476 e. The number of hydrogen-bond acceptors (Lipinski definition) is 4. The fourth-order valence-electron chi connectivity index (χ4n) is 1.78. The summed E-state index contributed by atoms with van der Waals surface area (Å²) >= 11 is 0. The highest BCUT2D eigenvalue weighted by atomic mass is 16.4. The van der Waals surface area contributed by atoms with Gasteiger partial charge in [0.05, 0.1) is 0 Å². The molecule has 1 aromatic heterocycles. The molecule has 88 valence electrons. The number of rotatable bonds is 3. The topological polar surface area (TPSA) is 83.4 Å². The van der Waals surface area contributed by atoms with Gasteiger partial charge in [0.15, 0.2) is 11.5 Å². The number of aromatic carboxylic acids is 1. The fourth-order valence-corrected chi connectivity index (χ4v) is 1.78. The number of carbonyl (C=O) groups excluding carboxylic acids is 1. The highest BCUT2D eigenvalue weighted by Gasteiger charge is 2.32. The Labute approximate surface area is 97.6 Å². The Balaban J connectivity index is 2.38. The molecule has 1 saturated heterocycles. The van der Waals surface area contributed by atoms with Gasteiger partial charge in [-0.2, -0.15) is 0 Å². The van der Waals surface area contributed by atoms with Gasteiger partial charge < -0.3 is 5.11 Å². The Morgan fingerprint density at radius 2 is 2.24 bits per heavy atom. The first kappa shape index (κ1) is 11.3. The Hall–Kier alpha value is -2.24. The average Bonchev–Trinajstić information content (AvgIpc) is 2.70. The molecule has 1 atom stereocenters. The van der Waals surface area contributed by atoms with Crippen molar-refractivity contribution in [2.75, 3.05) is 11.4 Å². The molecule has 6 heteroatoms. The lowest BCUT2D eigenvalue weighted by atomic mass is 10.1. The maximum absolute atomic E-state index is 11.7. The molecule has 0 bridgehead atoms. The van der Waals surface area contributed by atoms with E-state index in [0.29, 0.717) is 13.0 Å². The van der Waals surface area contributed by atoms with Crippen LogP contribution in [0.3, 0.4) is 0 Å². The van der Waals surface area contributed by atoms with Crippen LogP contribution in [0.15, 0.2) is 25.0 Å². The normalized spacial score (nSPS) is 19.4. The average molecular weight is 233 g/mol. The van der Waals surface area contributed by atoms with E-state index in [1.165, 1.54) is 17.3 Å². The van der Waals surface area contributed by atoms with Gasteiger partial charge in [0.25, 0.3) is 0 Å². The van der Waals surface area contributed by atoms with E-state index in [1.54, 1.807) is 6.08 Å². The molecule has 0 saturated carbocycles. The Morgan fingerprint density at radius 3 is 2.82 bits per heavy atom. The molecule has 1 unspecified atom stereocenters. The summed E-state index contributed by atoms with van der Waals surface area (Å²) in [4.78, 5) is 31.7. The Morgan fingerprint density at radius 1 is 1.53 bits per heavy atom. The number of hydrogen-bond donors (Lipinski definition) is 1. The lowest BCUT2D eigenvalue weighted by molar-refractivity contribution is -0.117. The molecule has 1 amide bonds. The summed E-state index contributed by atoms with van der Waals surface area (Å²) in [5.41, 5.74) is -0.203. The molecule has 0 spiro atoms. The van der Waals surface area contributed by atoms with E-state index in [4.69, 9.17) is 5.11 Å². The van der Waals surface area contributed by atoms with E-state index >= 15 is 0 Å². The van der Waals surface area contributed by atoms with Gasteiger partial charge in [-0.1, -0.05) is 6.08 Å². The number of carbonyl (C=O) groups is 2. The van der Waals surface area contributed by atoms with Crippen LogP contribution in [0.25, 0.3) is 0 Å². The molecule has 1 aliphatic heterocycles. The smallest absolute Gasteiger partial charge is 0.358 e. The molecule has 1 N–H and O–H groups in total. The van der Waals surface area contributed by atoms with Crippen molar-refractivity contribution in [2.45, 2.75) is 6.42 Å². The van der Waals surface area contributed by atoms with E-state index in [2.05, 4.69) is 16.5 Å². The van der Waals surface area contributed by atoms with Crippen molar-refractivity contribution in [1.82, 2.24) is 9.97 Å². The first-order valence-corrected chi connectivity index (χ1v) is 5.10. The van der Waals surface area contributed by atoms with Gasteiger partial charge in [-0.3, -0.25) is 9.69 Å². The van der Waals surface area contributed by atoms with Gasteiger partial charge in [-0.05, 0) is 0 Å². The second kappa shape index (κ2) is 4.32. The van der Waals surface area contributed by atoms with E-state index in [0.717, 1.165) is 0 Å². The van der Waals surface area contributed by atoms with Crippen molar-refractivity contribution >= 4 is 17.7 Å². The summed E-state index contributed by atoms with van der Waals surface area (Å²) in [6.45, 7) is 4.04. The number of anilines is 1. The minimum atomic E-state index is -1.19. The van der Waals surface area contributed by atoms with Crippen LogP contribution in [-0.2, 0) is 4.79 Å². The van der Waals surface area contributed by atoms with Crippen LogP contribution in [0.1, 0.15) is 16.9 Å². The second-order valence-corrected chi connectivity index (χ2v) is 3.74. The van der Waals surface area contributed by atoms with Crippen molar-refractivity contribution in [3.8, 4) is 0 Å². The SMILES string of the molecule is C=CC1CC(=O)N(c2nccnc2C(=O)O)C1. The van der Waals surface area contributed by atoms with Crippen LogP contribution in [0, 0.1) is 5.92 Å². The number of carboxylic acids is 1. The molecular weight excluding hydrogens is 222 g/mol. The number of aromatic nitrogens is 2. The molecule has 0 radical (unpaired) electrons. The summed E-state index contributed by atoms with van der Waals surface area (Å²) in [5.74, 6) is -1.21. The molecule has 2 rings (SSSR count). The molecule has 6 nitrogen and oxygen atoms in total. The molecule has 0 aromatic carbocycles. The summed E-state index contributed by atoms with van der Waals surface area (Å²) in [6.07, 6.45) is 4.68. The maximum Gasteiger partial charge on any atom is 0.358 e. The second-order valence-electron chi connectivity index (χ2n) is 3.74. The lowest BCUT2D eigenvalue weighted by Crippen LogP contribution is -2.28. The fraction of sp³-hybridized carbons (Fsp3) is 0.273. The summed E-state index contributed by atoms with van der Waals surface area (Å²) < 4.78 is 0. The van der Waals surface area contributed by atoms with Crippen molar-refractivity contribution in [3.05, 3.63) is 30.7 Å². The largest absolute Gasteiger partial charge is 0.476 e. The van der Waals surface area contributed by atoms with Gasteiger partial charge in [0.1, 0.15) is 0 Å². The van der Waals surface area contributed by atoms with Crippen molar-refractivity contribution in [3.63, 3.8) is 0 Å². The monoisotopic (exact) mass is 233 g/mol. The van der Waals surface area contributed by atoms with Crippen LogP contribution < -0.4 is 4.90 Å². The van der Waals surface area contributed by atoms with Crippen LogP contribution in [-0.4, -0.2) is 33.5 Å². The predicted octanol–water partition coefficient (Wildman–Crippen LogP) is 0.714. The highest BCUT2D eigenvalue weighted by Crippen LogP contribution is 2.25. The van der Waals surface area contributed by atoms with E-state index in [-0.39, 0.29) is 23.3 Å². The third kappa shape index (κ3) is 2.01. The summed E-state index contributed by atoms with van der Waals surface area (Å²) in [7, 11) is 0. The van der Waals surface area contributed by atoms with Gasteiger partial charge in [0.2, 0.25) is 5.91 Å². The molecule has 1 aromatic rings. The zero-order valence-electron chi connectivity index (χ0n) is 9.04. The number of nitrogens with zero attached hydrogens (tertiary/aromatic N) is 3. The molecule has 17 heavy (non-hydrogen) atoms. The number of carboxylic acid groups (broad SMARTS) is 1. The lowest BCUT2D eigenvalue weighted by Gasteiger charge is -2.15. The van der Waals surface area contributed by atoms with Crippen molar-refractivity contribution < 1.29 is 14.7 Å². The van der Waals surface area contributed by atoms with E-state index in [9.17, 15) is 9.59 Å². The van der Waals surface area contributed by atoms with Crippen LogP contribution in [0.5, 0.6) is 0 Å². The zero-order valence-corrected chi connectivity index (χ0v) is 9.04. The van der Waals surface area contributed by atoms with Crippen LogP contribution in [0.4, 0.5) is 5.82 Å². The Kier molecular flexibility index (Phi) is 2.86. The van der Waals surface area contributed by atoms with Gasteiger partial charge in [-0.25, -0.2) is 14.8 Å². The summed E-state index contributed by atoms with van der Waals surface area (Å²) in [6, 6.07) is 0. The molecular formula is C11H11N3O3. The maximum atomic E-state index is 11.7. The third-order valence-corrected chi connectivity index (χ3v) is 2.63. The molecule has 1 fully saturated rings. The van der Waals surface area contributed by atoms with E-state index < -0.39 is 5.97 Å². The standard InChI is InChI=1S/C11H11N3O3/c1-2-7-5-8(15)14(6-7)10-9(11(16)17)12-3-4-13-10/h2-4,7H,1,5-6H2,(H,16,17). The molecule has 2 heterocycles. The first-order valence-electron chi connectivity index (χ1n) is 5.10. The van der Waals surface area contributed by atoms with Gasteiger partial charge in [0, 0.05) is 31.3 Å². The zero-order chi connectivity index (χ0) is 12.4. The minimum absolute atomic E-state index is 0.0335. The first-order chi connectivity index (χ1) is 8.13. The molecule has 0 aliphatic carbocycles. The Bertz CT molecular complexity index is 487. The van der Waals surface area contributed by atoms with Gasteiger partial charge in [-0.15, -0.1) is 6.58 Å². The number of amides is 1. The highest BCUT2D eigenvalue weighted by molar-refractivity contribution is 6.00. The summed E-state index contributed by atoms with van der Waals surface area (Å²) in [5, 5.41) is 8.97. The van der Waals surface area contributed by atoms with E-state index in [1.807, 2.05) is 0 Å². The van der Waals surface area contributed by atoms with Gasteiger partial charge >= 0.3 is 5.97 Å².